The largest absolute Gasteiger partial charge is 0.508 e. The Hall–Kier alpha value is -2.57. The number of amides is 1. The van der Waals surface area contributed by atoms with Crippen molar-refractivity contribution in [1.82, 2.24) is 5.32 Å². The van der Waals surface area contributed by atoms with Crippen LogP contribution >= 0.6 is 0 Å². The molecule has 1 aromatic rings. The number of hydrogen-bond acceptors (Lipinski definition) is 4. The van der Waals surface area contributed by atoms with Gasteiger partial charge in [-0.05, 0) is 17.7 Å². The van der Waals surface area contributed by atoms with Gasteiger partial charge in [0, 0.05) is 0 Å². The van der Waals surface area contributed by atoms with E-state index in [-0.39, 0.29) is 12.2 Å². The van der Waals surface area contributed by atoms with Gasteiger partial charge in [-0.2, -0.15) is 0 Å². The monoisotopic (exact) mass is 267 g/mol. The first-order chi connectivity index (χ1) is 8.88. The third-order valence-corrected chi connectivity index (χ3v) is 2.29. The van der Waals surface area contributed by atoms with Crippen LogP contribution in [0.1, 0.15) is 12.0 Å². The highest BCUT2D eigenvalue weighted by atomic mass is 16.4. The van der Waals surface area contributed by atoms with Crippen molar-refractivity contribution in [3.63, 3.8) is 0 Å². The lowest BCUT2D eigenvalue weighted by Crippen LogP contribution is -2.42. The van der Waals surface area contributed by atoms with Crippen LogP contribution in [-0.2, 0) is 20.8 Å². The maximum absolute atomic E-state index is 11.6. The minimum absolute atomic E-state index is 0.00868. The molecule has 0 aliphatic heterocycles. The predicted molar refractivity (Wildman–Crippen MR) is 63.6 cm³/mol. The summed E-state index contributed by atoms with van der Waals surface area (Å²) < 4.78 is 0. The van der Waals surface area contributed by atoms with Gasteiger partial charge < -0.3 is 20.6 Å². The van der Waals surface area contributed by atoms with E-state index in [0.717, 1.165) is 0 Å². The lowest BCUT2D eigenvalue weighted by Gasteiger charge is -2.12. The Bertz CT molecular complexity index is 499. The third-order valence-electron chi connectivity index (χ3n) is 2.29. The maximum atomic E-state index is 11.6. The van der Waals surface area contributed by atoms with Crippen LogP contribution in [-0.4, -0.2) is 39.2 Å². The minimum atomic E-state index is -1.47. The third kappa shape index (κ3) is 5.07. The molecule has 1 atom stereocenters. The molecule has 0 spiro atoms. The van der Waals surface area contributed by atoms with E-state index in [1.54, 1.807) is 12.1 Å². The number of aromatic hydroxyl groups is 1. The van der Waals surface area contributed by atoms with Crippen molar-refractivity contribution in [1.29, 1.82) is 0 Å². The zero-order valence-corrected chi connectivity index (χ0v) is 9.87. The average molecular weight is 267 g/mol. The molecule has 4 N–H and O–H groups in total. The summed E-state index contributed by atoms with van der Waals surface area (Å²) in [5, 5.41) is 28.6. The molecule has 0 aromatic heterocycles. The van der Waals surface area contributed by atoms with Crippen LogP contribution in [0, 0.1) is 0 Å². The van der Waals surface area contributed by atoms with Crippen LogP contribution in [0.15, 0.2) is 24.3 Å². The normalized spacial score (nSPS) is 11.6. The summed E-state index contributed by atoms with van der Waals surface area (Å²) in [6.45, 7) is 0. The van der Waals surface area contributed by atoms with Crippen molar-refractivity contribution in [3.8, 4) is 5.75 Å². The van der Waals surface area contributed by atoms with Gasteiger partial charge in [-0.25, -0.2) is 4.79 Å². The fraction of sp³-hybridized carbons (Fsp3) is 0.250. The number of benzene rings is 1. The standard InChI is InChI=1S/C12H13NO6/c14-8-3-1-2-7(4-8)5-10(15)13-9(12(18)19)6-11(16)17/h1-4,9,14H,5-6H2,(H,13,15)(H,16,17)(H,18,19). The van der Waals surface area contributed by atoms with Gasteiger partial charge in [-0.15, -0.1) is 0 Å². The predicted octanol–water partition coefficient (Wildman–Crippen LogP) is -0.0212. The molecule has 19 heavy (non-hydrogen) atoms. The maximum Gasteiger partial charge on any atom is 0.326 e. The lowest BCUT2D eigenvalue weighted by atomic mass is 10.1. The second-order valence-corrected chi connectivity index (χ2v) is 3.90. The van der Waals surface area contributed by atoms with Crippen molar-refractivity contribution in [2.45, 2.75) is 18.9 Å². The zero-order valence-electron chi connectivity index (χ0n) is 9.87. The summed E-state index contributed by atoms with van der Waals surface area (Å²) in [6.07, 6.45) is -0.834. The number of phenolic OH excluding ortho intramolecular Hbond substituents is 1. The number of carbonyl (C=O) groups is 3. The summed E-state index contributed by atoms with van der Waals surface area (Å²) in [4.78, 5) is 32.8. The summed E-state index contributed by atoms with van der Waals surface area (Å²) in [7, 11) is 0. The van der Waals surface area contributed by atoms with Crippen LogP contribution in [0.25, 0.3) is 0 Å². The number of rotatable bonds is 6. The summed E-state index contributed by atoms with van der Waals surface area (Å²) in [6, 6.07) is 4.47. The Morgan fingerprint density at radius 1 is 1.21 bits per heavy atom. The SMILES string of the molecule is O=C(O)CC(NC(=O)Cc1cccc(O)c1)C(=O)O. The topological polar surface area (TPSA) is 124 Å². The van der Waals surface area contributed by atoms with Gasteiger partial charge in [0.2, 0.25) is 5.91 Å². The van der Waals surface area contributed by atoms with Crippen LogP contribution in [0.2, 0.25) is 0 Å². The van der Waals surface area contributed by atoms with Gasteiger partial charge in [-0.3, -0.25) is 9.59 Å². The number of nitrogens with one attached hydrogen (secondary N) is 1. The van der Waals surface area contributed by atoms with Crippen molar-refractivity contribution < 1.29 is 29.7 Å². The Labute approximate surface area is 108 Å². The first-order valence-electron chi connectivity index (χ1n) is 5.40. The molecule has 1 amide bonds. The molecule has 0 fully saturated rings. The minimum Gasteiger partial charge on any atom is -0.508 e. The smallest absolute Gasteiger partial charge is 0.326 e. The summed E-state index contributed by atoms with van der Waals surface area (Å²) in [5.41, 5.74) is 0.497. The fourth-order valence-electron chi connectivity index (χ4n) is 1.47. The molecule has 1 rings (SSSR count). The first-order valence-corrected chi connectivity index (χ1v) is 5.40. The number of carboxylic acids is 2. The van der Waals surface area contributed by atoms with Crippen molar-refractivity contribution in [3.05, 3.63) is 29.8 Å². The zero-order chi connectivity index (χ0) is 14.4. The molecule has 0 heterocycles. The first kappa shape index (κ1) is 14.5. The van der Waals surface area contributed by atoms with E-state index in [1.165, 1.54) is 12.1 Å². The number of hydrogen-bond donors (Lipinski definition) is 4. The number of phenols is 1. The average Bonchev–Trinajstić information content (AvgIpc) is 2.27. The second-order valence-electron chi connectivity index (χ2n) is 3.90. The molecule has 7 nitrogen and oxygen atoms in total. The lowest BCUT2D eigenvalue weighted by molar-refractivity contribution is -0.147. The molecule has 0 aliphatic carbocycles. The van der Waals surface area contributed by atoms with E-state index in [4.69, 9.17) is 10.2 Å². The molecule has 7 heteroatoms. The fourth-order valence-corrected chi connectivity index (χ4v) is 1.47. The highest BCUT2D eigenvalue weighted by Gasteiger charge is 2.22. The number of carboxylic acid groups (broad SMARTS) is 2. The Morgan fingerprint density at radius 3 is 2.42 bits per heavy atom. The van der Waals surface area contributed by atoms with Gasteiger partial charge in [0.15, 0.2) is 0 Å². The van der Waals surface area contributed by atoms with Crippen LogP contribution in [0.5, 0.6) is 5.75 Å². The second kappa shape index (κ2) is 6.39. The van der Waals surface area contributed by atoms with E-state index >= 15 is 0 Å². The van der Waals surface area contributed by atoms with Crippen LogP contribution < -0.4 is 5.32 Å². The highest BCUT2D eigenvalue weighted by Crippen LogP contribution is 2.11. The van der Waals surface area contributed by atoms with Crippen LogP contribution in [0.4, 0.5) is 0 Å². The molecular weight excluding hydrogens is 254 g/mol. The Morgan fingerprint density at radius 2 is 1.89 bits per heavy atom. The van der Waals surface area contributed by atoms with E-state index in [2.05, 4.69) is 5.32 Å². The van der Waals surface area contributed by atoms with E-state index in [0.29, 0.717) is 5.56 Å². The summed E-state index contributed by atoms with van der Waals surface area (Å²) in [5.74, 6) is -3.36. The van der Waals surface area contributed by atoms with Crippen molar-refractivity contribution in [2.75, 3.05) is 0 Å². The van der Waals surface area contributed by atoms with Gasteiger partial charge in [0.25, 0.3) is 0 Å². The van der Waals surface area contributed by atoms with Gasteiger partial charge in [0.05, 0.1) is 12.8 Å². The van der Waals surface area contributed by atoms with Crippen molar-refractivity contribution >= 4 is 17.8 Å². The molecule has 1 unspecified atom stereocenters. The molecule has 1 aromatic carbocycles. The van der Waals surface area contributed by atoms with Gasteiger partial charge in [0.1, 0.15) is 11.8 Å². The van der Waals surface area contributed by atoms with Gasteiger partial charge >= 0.3 is 11.9 Å². The van der Waals surface area contributed by atoms with Gasteiger partial charge in [-0.1, -0.05) is 12.1 Å². The molecule has 0 saturated heterocycles. The molecule has 0 bridgehead atoms. The molecule has 0 aliphatic rings. The molecule has 0 radical (unpaired) electrons. The molecule has 0 saturated carbocycles. The Kier molecular flexibility index (Phi) is 4.87. The number of aliphatic carboxylic acids is 2. The van der Waals surface area contributed by atoms with Crippen LogP contribution in [0.3, 0.4) is 0 Å². The number of carbonyl (C=O) groups excluding carboxylic acids is 1. The van der Waals surface area contributed by atoms with E-state index < -0.39 is 30.3 Å². The quantitative estimate of drug-likeness (QED) is 0.574. The molecule has 102 valence electrons. The molecular formula is C12H13NO6. The van der Waals surface area contributed by atoms with E-state index in [9.17, 15) is 19.5 Å². The summed E-state index contributed by atoms with van der Waals surface area (Å²) >= 11 is 0. The van der Waals surface area contributed by atoms with E-state index in [1.807, 2.05) is 0 Å². The van der Waals surface area contributed by atoms with Crippen molar-refractivity contribution in [2.24, 2.45) is 0 Å². The Balaban J connectivity index is 2.62. The highest BCUT2D eigenvalue weighted by molar-refractivity contribution is 5.87.